The molecular weight excluding hydrogens is 354 g/mol. The Hall–Kier alpha value is -2.79. The summed E-state index contributed by atoms with van der Waals surface area (Å²) in [5.74, 6) is 1.76. The highest BCUT2D eigenvalue weighted by molar-refractivity contribution is 7.98. The highest BCUT2D eigenvalue weighted by atomic mass is 32.2. The molecule has 136 valence electrons. The fraction of sp³-hybridized carbons (Fsp3) is 0.182. The molecule has 0 aliphatic heterocycles. The highest BCUT2D eigenvalue weighted by Crippen LogP contribution is 2.29. The third-order valence-corrected chi connectivity index (χ3v) is 5.34. The maximum atomic E-state index is 5.52. The van der Waals surface area contributed by atoms with E-state index in [4.69, 9.17) is 9.84 Å². The molecule has 4 nitrogen and oxygen atoms in total. The largest absolute Gasteiger partial charge is 0.494 e. The number of hydrogen-bond acceptors (Lipinski definition) is 4. The number of aryl methyl sites for hydroxylation is 1. The quantitative estimate of drug-likeness (QED) is 0.423. The Morgan fingerprint density at radius 2 is 1.93 bits per heavy atom. The molecule has 0 saturated carbocycles. The summed E-state index contributed by atoms with van der Waals surface area (Å²) in [4.78, 5) is 4.57. The van der Waals surface area contributed by atoms with Crippen LogP contribution in [0.2, 0.25) is 0 Å². The van der Waals surface area contributed by atoms with Gasteiger partial charge in [0.25, 0.3) is 0 Å². The molecule has 0 saturated heterocycles. The lowest BCUT2D eigenvalue weighted by molar-refractivity contribution is 0.340. The van der Waals surface area contributed by atoms with E-state index in [2.05, 4.69) is 42.2 Å². The molecule has 0 unspecified atom stereocenters. The van der Waals surface area contributed by atoms with Crippen LogP contribution >= 0.6 is 11.8 Å². The number of benzene rings is 2. The van der Waals surface area contributed by atoms with E-state index in [-0.39, 0.29) is 0 Å². The summed E-state index contributed by atoms with van der Waals surface area (Å²) < 4.78 is 7.42. The summed E-state index contributed by atoms with van der Waals surface area (Å²) in [5.41, 5.74) is 5.61. The molecule has 5 heteroatoms. The Bertz CT molecular complexity index is 1060. The van der Waals surface area contributed by atoms with Crippen molar-refractivity contribution < 1.29 is 4.74 Å². The van der Waals surface area contributed by atoms with Gasteiger partial charge in [-0.1, -0.05) is 41.6 Å². The van der Waals surface area contributed by atoms with Gasteiger partial charge in [-0.25, -0.2) is 9.50 Å². The molecule has 27 heavy (non-hydrogen) atoms. The minimum absolute atomic E-state index is 0.668. The van der Waals surface area contributed by atoms with Gasteiger partial charge >= 0.3 is 0 Å². The molecule has 0 atom stereocenters. The predicted octanol–water partition coefficient (Wildman–Crippen LogP) is 5.40. The van der Waals surface area contributed by atoms with Crippen LogP contribution in [0.1, 0.15) is 18.1 Å². The number of ether oxygens (including phenoxy) is 1. The van der Waals surface area contributed by atoms with Crippen LogP contribution in [0.25, 0.3) is 16.8 Å². The van der Waals surface area contributed by atoms with Crippen molar-refractivity contribution in [1.82, 2.24) is 14.6 Å². The smallest absolute Gasteiger partial charge is 0.122 e. The van der Waals surface area contributed by atoms with E-state index < -0.39 is 0 Å². The summed E-state index contributed by atoms with van der Waals surface area (Å²) in [5, 5.41) is 5.70. The molecule has 0 N–H and O–H groups in total. The van der Waals surface area contributed by atoms with Gasteiger partial charge in [0.05, 0.1) is 17.8 Å². The number of hydrogen-bond donors (Lipinski definition) is 0. The first-order chi connectivity index (χ1) is 13.2. The van der Waals surface area contributed by atoms with E-state index in [1.807, 2.05) is 41.9 Å². The third-order valence-electron chi connectivity index (χ3n) is 4.27. The van der Waals surface area contributed by atoms with Gasteiger partial charge in [0.1, 0.15) is 10.8 Å². The van der Waals surface area contributed by atoms with Gasteiger partial charge in [0.2, 0.25) is 0 Å². The topological polar surface area (TPSA) is 39.4 Å². The van der Waals surface area contributed by atoms with Gasteiger partial charge in [-0.15, -0.1) is 0 Å². The van der Waals surface area contributed by atoms with E-state index in [9.17, 15) is 0 Å². The first-order valence-electron chi connectivity index (χ1n) is 8.99. The lowest BCUT2D eigenvalue weighted by Gasteiger charge is -2.04. The first kappa shape index (κ1) is 17.6. The average Bonchev–Trinajstić information content (AvgIpc) is 3.12. The van der Waals surface area contributed by atoms with Crippen LogP contribution in [-0.2, 0) is 5.75 Å². The Kier molecular flexibility index (Phi) is 5.12. The molecule has 0 aliphatic rings. The molecule has 0 fully saturated rings. The van der Waals surface area contributed by atoms with Crippen LogP contribution in [0, 0.1) is 6.92 Å². The summed E-state index contributed by atoms with van der Waals surface area (Å²) in [7, 11) is 0. The van der Waals surface area contributed by atoms with E-state index in [1.165, 1.54) is 11.1 Å². The maximum Gasteiger partial charge on any atom is 0.122 e. The van der Waals surface area contributed by atoms with Crippen LogP contribution in [0.15, 0.2) is 72.0 Å². The Balaban J connectivity index is 1.59. The maximum absolute atomic E-state index is 5.52. The van der Waals surface area contributed by atoms with Gasteiger partial charge in [-0.2, -0.15) is 5.10 Å². The number of fused-ring (bicyclic) bond motifs is 1. The van der Waals surface area contributed by atoms with Crippen molar-refractivity contribution in [3.63, 3.8) is 0 Å². The first-order valence-corrected chi connectivity index (χ1v) is 9.97. The van der Waals surface area contributed by atoms with Gasteiger partial charge in [0.15, 0.2) is 0 Å². The summed E-state index contributed by atoms with van der Waals surface area (Å²) in [6, 6.07) is 18.7. The third kappa shape index (κ3) is 3.98. The summed E-state index contributed by atoms with van der Waals surface area (Å²) >= 11 is 1.74. The minimum atomic E-state index is 0.668. The van der Waals surface area contributed by atoms with E-state index in [0.29, 0.717) is 6.61 Å². The van der Waals surface area contributed by atoms with Crippen molar-refractivity contribution in [2.24, 2.45) is 0 Å². The highest BCUT2D eigenvalue weighted by Gasteiger charge is 2.10. The number of aromatic nitrogens is 3. The zero-order valence-corrected chi connectivity index (χ0v) is 16.2. The molecule has 0 aliphatic carbocycles. The van der Waals surface area contributed by atoms with Crippen LogP contribution in [0.3, 0.4) is 0 Å². The van der Waals surface area contributed by atoms with E-state index >= 15 is 0 Å². The monoisotopic (exact) mass is 375 g/mol. The molecule has 2 aromatic carbocycles. The molecule has 0 spiro atoms. The SMILES string of the molecule is CCOc1ccc(-c2cc3c(SCc4cccc(C)c4)nccn3n2)cc1. The second-order valence-electron chi connectivity index (χ2n) is 6.33. The van der Waals surface area contributed by atoms with Crippen LogP contribution in [0.5, 0.6) is 5.75 Å². The van der Waals surface area contributed by atoms with Crippen LogP contribution < -0.4 is 4.74 Å². The fourth-order valence-corrected chi connectivity index (χ4v) is 3.91. The lowest BCUT2D eigenvalue weighted by atomic mass is 10.1. The molecule has 0 bridgehead atoms. The normalized spacial score (nSPS) is 11.0. The Labute approximate surface area is 163 Å². The summed E-state index contributed by atoms with van der Waals surface area (Å²) in [6.07, 6.45) is 3.70. The molecule has 2 aromatic heterocycles. The molecule has 4 rings (SSSR count). The lowest BCUT2D eigenvalue weighted by Crippen LogP contribution is -1.92. The van der Waals surface area contributed by atoms with Crippen LogP contribution in [0.4, 0.5) is 0 Å². The van der Waals surface area contributed by atoms with Gasteiger partial charge < -0.3 is 4.74 Å². The Morgan fingerprint density at radius 3 is 2.70 bits per heavy atom. The second kappa shape index (κ2) is 7.84. The molecule has 0 radical (unpaired) electrons. The predicted molar refractivity (Wildman–Crippen MR) is 110 cm³/mol. The minimum Gasteiger partial charge on any atom is -0.494 e. The zero-order valence-electron chi connectivity index (χ0n) is 15.4. The van der Waals surface area contributed by atoms with Crippen molar-refractivity contribution in [3.05, 3.63) is 78.1 Å². The van der Waals surface area contributed by atoms with E-state index in [0.717, 1.165) is 33.3 Å². The zero-order chi connectivity index (χ0) is 18.6. The number of rotatable bonds is 6. The van der Waals surface area contributed by atoms with Crippen LogP contribution in [-0.4, -0.2) is 21.2 Å². The van der Waals surface area contributed by atoms with E-state index in [1.54, 1.807) is 18.0 Å². The van der Waals surface area contributed by atoms with Crippen molar-refractivity contribution in [2.75, 3.05) is 6.61 Å². The van der Waals surface area contributed by atoms with Gasteiger partial charge in [-0.05, 0) is 49.7 Å². The molecule has 2 heterocycles. The Morgan fingerprint density at radius 1 is 1.07 bits per heavy atom. The van der Waals surface area contributed by atoms with Crippen molar-refractivity contribution in [3.8, 4) is 17.0 Å². The van der Waals surface area contributed by atoms with Crippen molar-refractivity contribution >= 4 is 17.3 Å². The fourth-order valence-electron chi connectivity index (χ4n) is 2.99. The number of thioether (sulfide) groups is 1. The molecular formula is C22H21N3OS. The van der Waals surface area contributed by atoms with Crippen molar-refractivity contribution in [1.29, 1.82) is 0 Å². The summed E-state index contributed by atoms with van der Waals surface area (Å²) in [6.45, 7) is 4.77. The average molecular weight is 375 g/mol. The van der Waals surface area contributed by atoms with Gasteiger partial charge in [0, 0.05) is 23.7 Å². The van der Waals surface area contributed by atoms with Crippen molar-refractivity contribution in [2.45, 2.75) is 24.6 Å². The van der Waals surface area contributed by atoms with Gasteiger partial charge in [-0.3, -0.25) is 0 Å². The standard InChI is InChI=1S/C22H21N3OS/c1-3-26-19-9-7-18(8-10-19)20-14-21-22(23-11-12-25(21)24-20)27-15-17-6-4-5-16(2)13-17/h4-14H,3,15H2,1-2H3. The second-order valence-corrected chi connectivity index (χ2v) is 7.29. The molecule has 0 amide bonds. The molecule has 4 aromatic rings. The number of nitrogens with zero attached hydrogens (tertiary/aromatic N) is 3.